The van der Waals surface area contributed by atoms with Gasteiger partial charge in [-0.2, -0.15) is 0 Å². The van der Waals surface area contributed by atoms with Crippen molar-refractivity contribution < 1.29 is 102 Å². The van der Waals surface area contributed by atoms with Crippen molar-refractivity contribution in [3.63, 3.8) is 0 Å². The maximum atomic E-state index is 16.0. The number of aliphatic hydroxyl groups is 7. The molecule has 1 unspecified atom stereocenters. The molecule has 424 valence electrons. The summed E-state index contributed by atoms with van der Waals surface area (Å²) < 4.78 is 47.4. The van der Waals surface area contributed by atoms with Crippen molar-refractivity contribution in [3.8, 4) is 0 Å². The van der Waals surface area contributed by atoms with Crippen LogP contribution in [0, 0.1) is 16.7 Å². The molecule has 1 amide bonds. The number of Topliss-reactive ketones (excluding diaryl/α,β-unsaturated/α-hetero) is 1. The highest BCUT2D eigenvalue weighted by Crippen LogP contribution is 2.64. The van der Waals surface area contributed by atoms with Crippen LogP contribution in [-0.2, 0) is 57.1 Å². The Bertz CT molecular complexity index is 2510. The van der Waals surface area contributed by atoms with Gasteiger partial charge in [0.2, 0.25) is 0 Å². The van der Waals surface area contributed by atoms with E-state index in [-0.39, 0.29) is 61.2 Å². The lowest BCUT2D eigenvalue weighted by atomic mass is 9.44. The van der Waals surface area contributed by atoms with Gasteiger partial charge in [-0.15, -0.1) is 0 Å². The third-order valence-electron chi connectivity index (χ3n) is 16.0. The number of carbonyl (C=O) groups excluding carboxylic acids is 6. The lowest BCUT2D eigenvalue weighted by molar-refractivity contribution is -0.346. The summed E-state index contributed by atoms with van der Waals surface area (Å²) in [5.74, 6) is -6.63. The smallest absolute Gasteiger partial charge is 0.408 e. The van der Waals surface area contributed by atoms with Crippen molar-refractivity contribution >= 4 is 35.8 Å². The van der Waals surface area contributed by atoms with E-state index in [9.17, 15) is 59.7 Å². The van der Waals surface area contributed by atoms with Gasteiger partial charge in [0.15, 0.2) is 29.9 Å². The molecule has 4 fully saturated rings. The van der Waals surface area contributed by atoms with E-state index in [0.29, 0.717) is 6.42 Å². The fourth-order valence-electron chi connectivity index (χ4n) is 11.8. The summed E-state index contributed by atoms with van der Waals surface area (Å²) in [6.45, 7) is 10.8. The minimum atomic E-state index is -2.50. The number of hydrogen-bond donors (Lipinski definition) is 8. The van der Waals surface area contributed by atoms with Crippen molar-refractivity contribution in [2.24, 2.45) is 16.7 Å². The van der Waals surface area contributed by atoms with Gasteiger partial charge in [-0.3, -0.25) is 14.4 Å². The minimum Gasteiger partial charge on any atom is -0.456 e. The fourth-order valence-corrected chi connectivity index (χ4v) is 11.8. The van der Waals surface area contributed by atoms with Crippen LogP contribution in [0.1, 0.15) is 116 Å². The number of fused-ring (bicyclic) bond motifs is 5. The van der Waals surface area contributed by atoms with E-state index >= 15 is 4.79 Å². The largest absolute Gasteiger partial charge is 0.456 e. The topological polar surface area (TPSA) is 330 Å². The zero-order chi connectivity index (χ0) is 56.6. The lowest BCUT2D eigenvalue weighted by Gasteiger charge is -2.67. The standard InChI is InChI=1S/C55H73NO21/c1-28-32(72-48(67)40(62)38(30-18-12-9-13-19-30)56-50(68)77-51(3,4)5)25-55(69)46(75-47(66)31-20-14-10-15-21-31)44-53(8,34(59)24-35-54(44,27-71-35)76-29(2)58)45(65)43(37(28)52(55,6)7)74-36(60)22-16-11-17-23-70-49-42(64)41(63)39(61)33(26-57)73-49/h9-10,12-15,18-21,32-35,38-44,46,49,57,59,61-64,69H,11,16-17,22-27H2,1-8H3,(H,56,68)/t32-,33+,34-,35+,38-,39-,40+,41-,42+,43+,44-,46-,49?,53+,54-,55+/m0/s1. The van der Waals surface area contributed by atoms with Gasteiger partial charge in [-0.1, -0.05) is 68.8 Å². The van der Waals surface area contributed by atoms with Crippen molar-refractivity contribution in [3.05, 3.63) is 82.9 Å². The number of nitrogens with one attached hydrogen (secondary N) is 1. The van der Waals surface area contributed by atoms with E-state index in [2.05, 4.69) is 5.32 Å². The molecule has 5 aliphatic rings. The Morgan fingerprint density at radius 2 is 1.52 bits per heavy atom. The van der Waals surface area contributed by atoms with Crippen molar-refractivity contribution in [1.82, 2.24) is 5.32 Å². The van der Waals surface area contributed by atoms with Crippen LogP contribution in [0.5, 0.6) is 0 Å². The van der Waals surface area contributed by atoms with Crippen LogP contribution in [0.4, 0.5) is 4.79 Å². The van der Waals surface area contributed by atoms with E-state index in [4.69, 9.17) is 37.9 Å². The number of aliphatic hydroxyl groups excluding tert-OH is 6. The van der Waals surface area contributed by atoms with E-state index in [0.717, 1.165) is 6.92 Å². The molecule has 0 radical (unpaired) electrons. The van der Waals surface area contributed by atoms with Gasteiger partial charge in [0, 0.05) is 38.2 Å². The first-order chi connectivity index (χ1) is 36.1. The van der Waals surface area contributed by atoms with Crippen molar-refractivity contribution in [1.29, 1.82) is 0 Å². The third-order valence-corrected chi connectivity index (χ3v) is 16.0. The number of alkyl carbamates (subject to hydrolysis) is 1. The maximum absolute atomic E-state index is 16.0. The molecule has 2 aromatic carbocycles. The molecule has 7 rings (SSSR count). The summed E-state index contributed by atoms with van der Waals surface area (Å²) in [5.41, 5.74) is -9.00. The molecule has 2 heterocycles. The van der Waals surface area contributed by atoms with Crippen molar-refractivity contribution in [2.75, 3.05) is 19.8 Å². The zero-order valence-electron chi connectivity index (χ0n) is 44.5. The molecule has 0 spiro atoms. The Balaban J connectivity index is 1.28. The van der Waals surface area contributed by atoms with Gasteiger partial charge in [-0.25, -0.2) is 14.4 Å². The van der Waals surface area contributed by atoms with E-state index in [1.54, 1.807) is 69.3 Å². The van der Waals surface area contributed by atoms with Gasteiger partial charge in [0.05, 0.1) is 42.3 Å². The zero-order valence-corrected chi connectivity index (χ0v) is 44.5. The summed E-state index contributed by atoms with van der Waals surface area (Å²) >= 11 is 0. The monoisotopic (exact) mass is 1080 g/mol. The summed E-state index contributed by atoms with van der Waals surface area (Å²) in [7, 11) is 0. The Hall–Kier alpha value is -5.40. The van der Waals surface area contributed by atoms with Crippen LogP contribution >= 0.6 is 0 Å². The summed E-state index contributed by atoms with van der Waals surface area (Å²) in [6.07, 6.45) is -19.2. The average Bonchev–Trinajstić information content (AvgIpc) is 3.57. The number of ketones is 1. The Morgan fingerprint density at radius 3 is 2.12 bits per heavy atom. The molecule has 2 bridgehead atoms. The van der Waals surface area contributed by atoms with Gasteiger partial charge < -0.3 is 79.0 Å². The lowest BCUT2D eigenvalue weighted by Crippen LogP contribution is -2.82. The predicted molar refractivity (Wildman–Crippen MR) is 266 cm³/mol. The van der Waals surface area contributed by atoms with Crippen LogP contribution < -0.4 is 5.32 Å². The molecule has 2 aromatic rings. The molecule has 8 N–H and O–H groups in total. The minimum absolute atomic E-state index is 0.0221. The fraction of sp³-hybridized carbons (Fsp3) is 0.636. The molecule has 2 saturated carbocycles. The highest BCUT2D eigenvalue weighted by molar-refractivity contribution is 5.96. The Morgan fingerprint density at radius 1 is 0.870 bits per heavy atom. The van der Waals surface area contributed by atoms with Gasteiger partial charge in [-0.05, 0) is 76.3 Å². The van der Waals surface area contributed by atoms with Crippen molar-refractivity contribution in [2.45, 2.75) is 184 Å². The van der Waals surface area contributed by atoms with E-state index in [1.165, 1.54) is 39.8 Å². The van der Waals surface area contributed by atoms with Gasteiger partial charge in [0.1, 0.15) is 53.9 Å². The Labute approximate surface area is 445 Å². The first-order valence-electron chi connectivity index (χ1n) is 25.9. The number of esters is 4. The quantitative estimate of drug-likeness (QED) is 0.0487. The van der Waals surface area contributed by atoms with E-state index < -0.39 is 156 Å². The maximum Gasteiger partial charge on any atom is 0.408 e. The molecule has 16 atom stereocenters. The summed E-state index contributed by atoms with van der Waals surface area (Å²) in [6, 6.07) is 14.3. The predicted octanol–water partition coefficient (Wildman–Crippen LogP) is 2.19. The first-order valence-corrected chi connectivity index (χ1v) is 25.9. The molecule has 2 aliphatic heterocycles. The highest BCUT2D eigenvalue weighted by Gasteiger charge is 2.78. The number of carbonyl (C=O) groups is 6. The number of unbranched alkanes of at least 4 members (excludes halogenated alkanes) is 2. The van der Waals surface area contributed by atoms with Crippen LogP contribution in [0.15, 0.2) is 71.8 Å². The van der Waals surface area contributed by atoms with E-state index in [1.807, 2.05) is 0 Å². The third kappa shape index (κ3) is 11.6. The molecule has 22 nitrogen and oxygen atoms in total. The number of benzene rings is 2. The summed E-state index contributed by atoms with van der Waals surface area (Å²) in [4.78, 5) is 85.7. The van der Waals surface area contributed by atoms with Gasteiger partial charge >= 0.3 is 30.0 Å². The molecule has 0 aromatic heterocycles. The average molecular weight is 1080 g/mol. The number of amides is 1. The molecule has 2 saturated heterocycles. The second kappa shape index (κ2) is 23.1. The molecule has 77 heavy (non-hydrogen) atoms. The number of ether oxygens (including phenoxy) is 8. The highest BCUT2D eigenvalue weighted by atomic mass is 16.7. The second-order valence-electron chi connectivity index (χ2n) is 22.4. The number of hydrogen-bond acceptors (Lipinski definition) is 21. The molecule has 3 aliphatic carbocycles. The molecular weight excluding hydrogens is 1010 g/mol. The molecular formula is C55H73NO21. The SMILES string of the molecule is CC(=O)O[C@@]12CO[C@@H]1C[C@H](O)[C@@]1(C)C(=O)[C@H](OC(=O)CCCCCOC3O[C@H](CO)[C@H](O)[C@H](O)[C@H]3O)C3=C(C)[C@@H](OC(=O)[C@H](O)[C@@H](NC(=O)OC(C)(C)C)c4ccccc4)C[C@@](O)([C@@H](OC(=O)c4ccccc4)[C@H]21)C3(C)C. The first kappa shape index (κ1) is 59.3. The van der Waals surface area contributed by atoms with Crippen LogP contribution in [-0.4, -0.2) is 175 Å². The van der Waals surface area contributed by atoms with Crippen LogP contribution in [0.3, 0.4) is 0 Å². The number of rotatable bonds is 17. The van der Waals surface area contributed by atoms with Crippen LogP contribution in [0.25, 0.3) is 0 Å². The summed E-state index contributed by atoms with van der Waals surface area (Å²) in [5, 5.41) is 80.9. The molecule has 22 heteroatoms. The normalized spacial score (nSPS) is 34.3. The van der Waals surface area contributed by atoms with Crippen LogP contribution in [0.2, 0.25) is 0 Å². The Kier molecular flexibility index (Phi) is 17.8. The second-order valence-corrected chi connectivity index (χ2v) is 22.4. The van der Waals surface area contributed by atoms with Gasteiger partial charge in [0.25, 0.3) is 0 Å².